The van der Waals surface area contributed by atoms with E-state index in [9.17, 15) is 0 Å². The number of nitrogens with one attached hydrogen (secondary N) is 1. The van der Waals surface area contributed by atoms with E-state index < -0.39 is 0 Å². The minimum absolute atomic E-state index is 0.977. The van der Waals surface area contributed by atoms with Gasteiger partial charge in [0.05, 0.1) is 0 Å². The lowest BCUT2D eigenvalue weighted by Crippen LogP contribution is -2.30. The Hall–Kier alpha value is -0.610. The molecule has 1 fully saturated rings. The van der Waals surface area contributed by atoms with E-state index in [1.54, 1.807) is 0 Å². The molecule has 4 heteroatoms. The molecule has 1 aliphatic rings. The van der Waals surface area contributed by atoms with E-state index in [0.717, 1.165) is 23.4 Å². The standard InChI is InChI=1S/C14H22BrN3/c1-12-10-14(17-11-13(12)15)16-6-9-18-7-4-2-3-5-8-18/h10-11H,2-9H2,1H3,(H,16,17). The van der Waals surface area contributed by atoms with Gasteiger partial charge in [-0.15, -0.1) is 0 Å². The van der Waals surface area contributed by atoms with E-state index in [2.05, 4.69) is 44.1 Å². The number of pyridine rings is 1. The Morgan fingerprint density at radius 2 is 2.00 bits per heavy atom. The van der Waals surface area contributed by atoms with Gasteiger partial charge in [0, 0.05) is 23.8 Å². The van der Waals surface area contributed by atoms with Crippen molar-refractivity contribution in [2.24, 2.45) is 0 Å². The van der Waals surface area contributed by atoms with Crippen LogP contribution in [0.1, 0.15) is 31.2 Å². The quantitative estimate of drug-likeness (QED) is 0.923. The number of rotatable bonds is 4. The van der Waals surface area contributed by atoms with E-state index in [1.807, 2.05) is 6.20 Å². The van der Waals surface area contributed by atoms with Crippen molar-refractivity contribution < 1.29 is 0 Å². The Morgan fingerprint density at radius 3 is 2.67 bits per heavy atom. The summed E-state index contributed by atoms with van der Waals surface area (Å²) in [5.41, 5.74) is 1.22. The highest BCUT2D eigenvalue weighted by Gasteiger charge is 2.08. The van der Waals surface area contributed by atoms with Gasteiger partial charge in [-0.25, -0.2) is 4.98 Å². The molecule has 0 spiro atoms. The monoisotopic (exact) mass is 311 g/mol. The molecule has 100 valence electrons. The van der Waals surface area contributed by atoms with E-state index >= 15 is 0 Å². The molecular formula is C14H22BrN3. The Balaban J connectivity index is 1.75. The molecule has 2 heterocycles. The maximum Gasteiger partial charge on any atom is 0.126 e. The molecule has 0 aliphatic carbocycles. The largest absolute Gasteiger partial charge is 0.369 e. The summed E-state index contributed by atoms with van der Waals surface area (Å²) in [5.74, 6) is 0.977. The summed E-state index contributed by atoms with van der Waals surface area (Å²) < 4.78 is 1.07. The summed E-state index contributed by atoms with van der Waals surface area (Å²) in [5, 5.41) is 3.41. The van der Waals surface area contributed by atoms with E-state index in [4.69, 9.17) is 0 Å². The highest BCUT2D eigenvalue weighted by atomic mass is 79.9. The molecule has 0 radical (unpaired) electrons. The SMILES string of the molecule is Cc1cc(NCCN2CCCCCC2)ncc1Br. The number of aryl methyl sites for hydroxylation is 1. The average Bonchev–Trinajstić information content (AvgIpc) is 2.62. The second-order valence-electron chi connectivity index (χ2n) is 5.00. The van der Waals surface area contributed by atoms with Gasteiger partial charge in [0.2, 0.25) is 0 Å². The van der Waals surface area contributed by atoms with Gasteiger partial charge in [0.15, 0.2) is 0 Å². The first kappa shape index (κ1) is 13.8. The molecule has 1 N–H and O–H groups in total. The third-order valence-electron chi connectivity index (χ3n) is 3.48. The second kappa shape index (κ2) is 7.10. The van der Waals surface area contributed by atoms with E-state index in [0.29, 0.717) is 0 Å². The van der Waals surface area contributed by atoms with Gasteiger partial charge < -0.3 is 10.2 Å². The first-order chi connectivity index (χ1) is 8.75. The molecule has 0 unspecified atom stereocenters. The van der Waals surface area contributed by atoms with Gasteiger partial charge in [-0.3, -0.25) is 0 Å². The van der Waals surface area contributed by atoms with Crippen molar-refractivity contribution in [2.45, 2.75) is 32.6 Å². The highest BCUT2D eigenvalue weighted by Crippen LogP contribution is 2.17. The minimum atomic E-state index is 0.977. The topological polar surface area (TPSA) is 28.2 Å². The third kappa shape index (κ3) is 4.25. The van der Waals surface area contributed by atoms with Crippen LogP contribution in [0.4, 0.5) is 5.82 Å². The summed E-state index contributed by atoms with van der Waals surface area (Å²) in [4.78, 5) is 6.92. The van der Waals surface area contributed by atoms with Crippen molar-refractivity contribution >= 4 is 21.7 Å². The summed E-state index contributed by atoms with van der Waals surface area (Å²) in [6.07, 6.45) is 7.38. The van der Waals surface area contributed by atoms with Crippen LogP contribution in [0, 0.1) is 6.92 Å². The van der Waals surface area contributed by atoms with Gasteiger partial charge in [0.25, 0.3) is 0 Å². The molecule has 0 saturated carbocycles. The Morgan fingerprint density at radius 1 is 1.28 bits per heavy atom. The maximum atomic E-state index is 4.36. The molecule has 0 aromatic carbocycles. The zero-order valence-electron chi connectivity index (χ0n) is 11.1. The van der Waals surface area contributed by atoms with Crippen molar-refractivity contribution in [3.05, 3.63) is 22.3 Å². The summed E-state index contributed by atoms with van der Waals surface area (Å²) in [6, 6.07) is 2.09. The first-order valence-corrected chi connectivity index (χ1v) is 7.63. The molecule has 0 bridgehead atoms. The molecule has 1 aliphatic heterocycles. The summed E-state index contributed by atoms with van der Waals surface area (Å²) >= 11 is 3.47. The molecular weight excluding hydrogens is 290 g/mol. The van der Waals surface area contributed by atoms with Crippen LogP contribution in [0.25, 0.3) is 0 Å². The predicted molar refractivity (Wildman–Crippen MR) is 80.1 cm³/mol. The normalized spacial score (nSPS) is 17.4. The minimum Gasteiger partial charge on any atom is -0.369 e. The van der Waals surface area contributed by atoms with E-state index in [-0.39, 0.29) is 0 Å². The molecule has 2 rings (SSSR count). The molecule has 1 aromatic heterocycles. The van der Waals surface area contributed by atoms with Gasteiger partial charge in [0.1, 0.15) is 5.82 Å². The number of likely N-dealkylation sites (tertiary alicyclic amines) is 1. The van der Waals surface area contributed by atoms with Crippen LogP contribution in [0.3, 0.4) is 0 Å². The average molecular weight is 312 g/mol. The summed E-state index contributed by atoms with van der Waals surface area (Å²) in [6.45, 7) is 6.71. The Bertz CT molecular complexity index is 373. The number of aromatic nitrogens is 1. The van der Waals surface area contributed by atoms with Crippen molar-refractivity contribution in [2.75, 3.05) is 31.5 Å². The lowest BCUT2D eigenvalue weighted by molar-refractivity contribution is 0.296. The number of anilines is 1. The van der Waals surface area contributed by atoms with Crippen LogP contribution >= 0.6 is 15.9 Å². The van der Waals surface area contributed by atoms with Crippen molar-refractivity contribution in [1.82, 2.24) is 9.88 Å². The van der Waals surface area contributed by atoms with Crippen LogP contribution in [-0.2, 0) is 0 Å². The lowest BCUT2D eigenvalue weighted by atomic mass is 10.2. The van der Waals surface area contributed by atoms with Crippen LogP contribution in [-0.4, -0.2) is 36.1 Å². The number of nitrogens with zero attached hydrogens (tertiary/aromatic N) is 2. The van der Waals surface area contributed by atoms with Crippen molar-refractivity contribution in [1.29, 1.82) is 0 Å². The highest BCUT2D eigenvalue weighted by molar-refractivity contribution is 9.10. The Kier molecular flexibility index (Phi) is 5.45. The van der Waals surface area contributed by atoms with Gasteiger partial charge >= 0.3 is 0 Å². The molecule has 1 aromatic rings. The Labute approximate surface area is 118 Å². The fourth-order valence-electron chi connectivity index (χ4n) is 2.34. The smallest absolute Gasteiger partial charge is 0.126 e. The number of hydrogen-bond donors (Lipinski definition) is 1. The molecule has 0 atom stereocenters. The zero-order valence-corrected chi connectivity index (χ0v) is 12.7. The van der Waals surface area contributed by atoms with Crippen LogP contribution in [0.5, 0.6) is 0 Å². The van der Waals surface area contributed by atoms with Crippen LogP contribution < -0.4 is 5.32 Å². The van der Waals surface area contributed by atoms with Crippen molar-refractivity contribution in [3.8, 4) is 0 Å². The first-order valence-electron chi connectivity index (χ1n) is 6.84. The second-order valence-corrected chi connectivity index (χ2v) is 5.86. The van der Waals surface area contributed by atoms with Crippen LogP contribution in [0.15, 0.2) is 16.7 Å². The maximum absolute atomic E-state index is 4.36. The third-order valence-corrected chi connectivity index (χ3v) is 4.31. The van der Waals surface area contributed by atoms with Gasteiger partial charge in [-0.1, -0.05) is 12.8 Å². The lowest BCUT2D eigenvalue weighted by Gasteiger charge is -2.19. The van der Waals surface area contributed by atoms with Crippen LogP contribution in [0.2, 0.25) is 0 Å². The molecule has 3 nitrogen and oxygen atoms in total. The summed E-state index contributed by atoms with van der Waals surface area (Å²) in [7, 11) is 0. The van der Waals surface area contributed by atoms with E-state index in [1.165, 1.54) is 44.3 Å². The number of halogens is 1. The zero-order chi connectivity index (χ0) is 12.8. The fraction of sp³-hybridized carbons (Fsp3) is 0.643. The fourth-order valence-corrected chi connectivity index (χ4v) is 2.55. The molecule has 1 saturated heterocycles. The molecule has 0 amide bonds. The number of hydrogen-bond acceptors (Lipinski definition) is 3. The van der Waals surface area contributed by atoms with Gasteiger partial charge in [-0.2, -0.15) is 0 Å². The van der Waals surface area contributed by atoms with Gasteiger partial charge in [-0.05, 0) is 60.4 Å². The van der Waals surface area contributed by atoms with Crippen molar-refractivity contribution in [3.63, 3.8) is 0 Å². The predicted octanol–water partition coefficient (Wildman–Crippen LogP) is 3.44. The molecule has 18 heavy (non-hydrogen) atoms.